The van der Waals surface area contributed by atoms with Gasteiger partial charge in [0.05, 0.1) is 17.1 Å². The number of nitrogen functional groups attached to an aromatic ring is 1. The lowest BCUT2D eigenvalue weighted by molar-refractivity contribution is -0.143. The number of nitrogens with zero attached hydrogens (tertiary/aromatic N) is 3. The molecule has 0 bridgehead atoms. The number of amides is 3. The van der Waals surface area contributed by atoms with Crippen molar-refractivity contribution >= 4 is 35.2 Å². The number of carbonyl (C=O) groups is 3. The molecule has 12 nitrogen and oxygen atoms in total. The van der Waals surface area contributed by atoms with Gasteiger partial charge in [0.1, 0.15) is 5.60 Å². The first kappa shape index (κ1) is 31.9. The van der Waals surface area contributed by atoms with Crippen molar-refractivity contribution in [2.24, 2.45) is 5.84 Å². The summed E-state index contributed by atoms with van der Waals surface area (Å²) in [5.74, 6) is 5.59. The van der Waals surface area contributed by atoms with Gasteiger partial charge in [0.15, 0.2) is 6.10 Å². The van der Waals surface area contributed by atoms with E-state index in [1.54, 1.807) is 4.90 Å². The number of aryl methyl sites for hydroxylation is 1. The number of para-hydroxylation sites is 1. The molecule has 1 aliphatic carbocycles. The van der Waals surface area contributed by atoms with E-state index < -0.39 is 23.9 Å². The van der Waals surface area contributed by atoms with Crippen molar-refractivity contribution in [1.29, 1.82) is 0 Å². The van der Waals surface area contributed by atoms with E-state index in [4.69, 9.17) is 15.3 Å². The van der Waals surface area contributed by atoms with Gasteiger partial charge in [0, 0.05) is 77.2 Å². The van der Waals surface area contributed by atoms with Crippen molar-refractivity contribution in [3.05, 3.63) is 53.1 Å². The molecule has 5 N–H and O–H groups in total. The molecule has 1 unspecified atom stereocenters. The van der Waals surface area contributed by atoms with Crippen LogP contribution in [0.5, 0.6) is 0 Å². The number of hydrogen-bond donors (Lipinski definition) is 4. The largest absolute Gasteiger partial charge is 0.438 e. The second-order valence-electron chi connectivity index (χ2n) is 13.0. The van der Waals surface area contributed by atoms with E-state index in [0.29, 0.717) is 45.1 Å². The van der Waals surface area contributed by atoms with Crippen LogP contribution in [-0.2, 0) is 26.3 Å². The van der Waals surface area contributed by atoms with Gasteiger partial charge in [-0.05, 0) is 43.0 Å². The van der Waals surface area contributed by atoms with Crippen LogP contribution in [0.1, 0.15) is 61.6 Å². The number of piperidine rings is 1. The van der Waals surface area contributed by atoms with E-state index in [1.165, 1.54) is 32.1 Å². The van der Waals surface area contributed by atoms with Crippen molar-refractivity contribution in [3.63, 3.8) is 0 Å². The third kappa shape index (κ3) is 6.59. The first-order valence-electron chi connectivity index (χ1n) is 16.7. The SMILES string of the molecule is CNc1cc(CC(OC(=O)N2CCC3(CC2)OC(=O)Nc2ccccc23)C(=O)N2CCN(C3CCCCC3)CC2)cc(C)c1NN. The van der Waals surface area contributed by atoms with Crippen LogP contribution in [0.25, 0.3) is 0 Å². The molecule has 3 amide bonds. The molecule has 248 valence electrons. The van der Waals surface area contributed by atoms with Gasteiger partial charge >= 0.3 is 12.2 Å². The maximum atomic E-state index is 14.1. The zero-order valence-corrected chi connectivity index (χ0v) is 27.0. The summed E-state index contributed by atoms with van der Waals surface area (Å²) < 4.78 is 11.9. The van der Waals surface area contributed by atoms with E-state index in [2.05, 4.69) is 21.0 Å². The Morgan fingerprint density at radius 1 is 1.04 bits per heavy atom. The number of hydrazine groups is 1. The minimum absolute atomic E-state index is 0.170. The fraction of sp³-hybridized carbons (Fsp3) is 0.559. The van der Waals surface area contributed by atoms with Crippen molar-refractivity contribution in [3.8, 4) is 0 Å². The molecule has 1 atom stereocenters. The third-order valence-electron chi connectivity index (χ3n) is 10.2. The molecule has 1 spiro atoms. The van der Waals surface area contributed by atoms with Crippen LogP contribution in [0, 0.1) is 6.92 Å². The normalized spacial score (nSPS) is 20.7. The van der Waals surface area contributed by atoms with Gasteiger partial charge in [-0.2, -0.15) is 0 Å². The van der Waals surface area contributed by atoms with Crippen molar-refractivity contribution < 1.29 is 23.9 Å². The summed E-state index contributed by atoms with van der Waals surface area (Å²) in [7, 11) is 1.81. The van der Waals surface area contributed by atoms with E-state index >= 15 is 0 Å². The van der Waals surface area contributed by atoms with Crippen molar-refractivity contribution in [2.75, 3.05) is 62.4 Å². The number of nitrogens with one attached hydrogen (secondary N) is 3. The van der Waals surface area contributed by atoms with Gasteiger partial charge in [-0.3, -0.25) is 20.9 Å². The Labute approximate surface area is 270 Å². The topological polar surface area (TPSA) is 142 Å². The lowest BCUT2D eigenvalue weighted by Crippen LogP contribution is -2.55. The van der Waals surface area contributed by atoms with E-state index in [1.807, 2.05) is 55.3 Å². The summed E-state index contributed by atoms with van der Waals surface area (Å²) in [6.07, 6.45) is 5.43. The fourth-order valence-electron chi connectivity index (χ4n) is 7.69. The van der Waals surface area contributed by atoms with Gasteiger partial charge in [0.2, 0.25) is 0 Å². The predicted octanol–water partition coefficient (Wildman–Crippen LogP) is 4.40. The molecule has 12 heteroatoms. The number of benzene rings is 2. The maximum Gasteiger partial charge on any atom is 0.412 e. The van der Waals surface area contributed by atoms with Crippen molar-refractivity contribution in [1.82, 2.24) is 14.7 Å². The van der Waals surface area contributed by atoms with Crippen LogP contribution in [0.15, 0.2) is 36.4 Å². The van der Waals surface area contributed by atoms with Gasteiger partial charge in [-0.1, -0.05) is 43.5 Å². The van der Waals surface area contributed by atoms with Crippen molar-refractivity contribution in [2.45, 2.75) is 76.0 Å². The van der Waals surface area contributed by atoms with Gasteiger partial charge in [-0.25, -0.2) is 9.59 Å². The third-order valence-corrected chi connectivity index (χ3v) is 10.2. The fourth-order valence-corrected chi connectivity index (χ4v) is 7.69. The quantitative estimate of drug-likeness (QED) is 0.258. The lowest BCUT2D eigenvalue weighted by atomic mass is 9.82. The second-order valence-corrected chi connectivity index (χ2v) is 13.0. The molecular formula is C34H47N7O5. The number of fused-ring (bicyclic) bond motifs is 2. The Bertz CT molecular complexity index is 1430. The van der Waals surface area contributed by atoms with E-state index in [-0.39, 0.29) is 12.3 Å². The standard InChI is InChI=1S/C34H47N7O5/c1-23-20-24(21-28(36-2)30(23)38-35)22-29(31(42)40-18-16-39(17-19-40)25-8-4-3-5-9-25)45-33(44)41-14-12-34(13-15-41)26-10-6-7-11-27(26)37-32(43)46-34/h6-7,10-11,20-21,25,29,36,38H,3-5,8-9,12-19,22,35H2,1-2H3,(H,37,43). The van der Waals surface area contributed by atoms with Gasteiger partial charge in [0.25, 0.3) is 5.91 Å². The summed E-state index contributed by atoms with van der Waals surface area (Å²) in [6, 6.07) is 12.1. The number of piperazine rings is 1. The molecule has 0 radical (unpaired) electrons. The van der Waals surface area contributed by atoms with Crippen LogP contribution < -0.4 is 21.9 Å². The number of hydrogen-bond acceptors (Lipinski definition) is 9. The predicted molar refractivity (Wildman–Crippen MR) is 177 cm³/mol. The maximum absolute atomic E-state index is 14.1. The molecule has 0 aromatic heterocycles. The molecule has 46 heavy (non-hydrogen) atoms. The van der Waals surface area contributed by atoms with E-state index in [0.717, 1.165) is 46.8 Å². The molecule has 6 rings (SSSR count). The van der Waals surface area contributed by atoms with Crippen LogP contribution in [-0.4, -0.2) is 91.3 Å². The highest BCUT2D eigenvalue weighted by molar-refractivity contribution is 5.89. The number of carbonyl (C=O) groups excluding carboxylic acids is 3. The number of rotatable bonds is 7. The molecule has 2 aromatic carbocycles. The Morgan fingerprint density at radius 2 is 1.76 bits per heavy atom. The summed E-state index contributed by atoms with van der Waals surface area (Å²) in [6.45, 7) is 5.52. The average molecular weight is 634 g/mol. The molecule has 3 heterocycles. The summed E-state index contributed by atoms with van der Waals surface area (Å²) in [5, 5.41) is 5.93. The van der Waals surface area contributed by atoms with Gasteiger partial charge in [-0.15, -0.1) is 0 Å². The molecule has 2 aromatic rings. The number of likely N-dealkylation sites (tertiary alicyclic amines) is 1. The molecule has 1 saturated carbocycles. The molecule has 3 aliphatic heterocycles. The molecule has 3 fully saturated rings. The summed E-state index contributed by atoms with van der Waals surface area (Å²) in [5.41, 5.74) is 6.93. The van der Waals surface area contributed by atoms with Crippen LogP contribution in [0.3, 0.4) is 0 Å². The minimum atomic E-state index is -0.983. The Balaban J connectivity index is 1.16. The highest BCUT2D eigenvalue weighted by Crippen LogP contribution is 2.43. The van der Waals surface area contributed by atoms with Gasteiger partial charge < -0.3 is 30.0 Å². The number of anilines is 3. The smallest absolute Gasteiger partial charge is 0.412 e. The zero-order valence-electron chi connectivity index (χ0n) is 27.0. The Kier molecular flexibility index (Phi) is 9.55. The molecular weight excluding hydrogens is 586 g/mol. The van der Waals surface area contributed by atoms with Crippen LogP contribution >= 0.6 is 0 Å². The van der Waals surface area contributed by atoms with E-state index in [9.17, 15) is 14.4 Å². The minimum Gasteiger partial charge on any atom is -0.438 e. The molecule has 2 saturated heterocycles. The number of nitrogens with two attached hydrogens (primary N) is 1. The average Bonchev–Trinajstić information content (AvgIpc) is 3.08. The van der Waals surface area contributed by atoms with Crippen LogP contribution in [0.4, 0.5) is 26.7 Å². The lowest BCUT2D eigenvalue weighted by Gasteiger charge is -2.44. The highest BCUT2D eigenvalue weighted by atomic mass is 16.6. The highest BCUT2D eigenvalue weighted by Gasteiger charge is 2.46. The monoisotopic (exact) mass is 633 g/mol. The molecule has 4 aliphatic rings. The number of ether oxygens (including phenoxy) is 2. The second kappa shape index (κ2) is 13.8. The summed E-state index contributed by atoms with van der Waals surface area (Å²) in [4.78, 5) is 46.1. The first-order valence-corrected chi connectivity index (χ1v) is 16.7. The Hall–Kier alpha value is -4.03. The summed E-state index contributed by atoms with van der Waals surface area (Å²) >= 11 is 0. The zero-order chi connectivity index (χ0) is 32.3. The first-order chi connectivity index (χ1) is 22.3. The van der Waals surface area contributed by atoms with Crippen LogP contribution in [0.2, 0.25) is 0 Å². The Morgan fingerprint density at radius 3 is 2.46 bits per heavy atom.